The number of carbonyl (C=O) groups is 1. The van der Waals surface area contributed by atoms with E-state index in [0.29, 0.717) is 12.5 Å². The summed E-state index contributed by atoms with van der Waals surface area (Å²) < 4.78 is 0. The zero-order valence-corrected chi connectivity index (χ0v) is 11.3. The van der Waals surface area contributed by atoms with Gasteiger partial charge in [-0.3, -0.25) is 9.69 Å². The molecule has 4 heteroatoms. The van der Waals surface area contributed by atoms with Gasteiger partial charge in [0.15, 0.2) is 0 Å². The summed E-state index contributed by atoms with van der Waals surface area (Å²) in [4.78, 5) is 13.6. The third kappa shape index (κ3) is 5.50. The smallest absolute Gasteiger partial charge is 0.234 e. The predicted octanol–water partition coefficient (Wildman–Crippen LogP) is 0.994. The van der Waals surface area contributed by atoms with Crippen LogP contribution in [0.2, 0.25) is 0 Å². The van der Waals surface area contributed by atoms with Crippen LogP contribution in [0.25, 0.3) is 0 Å². The van der Waals surface area contributed by atoms with Gasteiger partial charge in [0.25, 0.3) is 0 Å². The number of hydrogen-bond donors (Lipinski definition) is 2. The van der Waals surface area contributed by atoms with Crippen LogP contribution in [0.3, 0.4) is 0 Å². The molecule has 1 saturated carbocycles. The zero-order valence-electron chi connectivity index (χ0n) is 11.3. The van der Waals surface area contributed by atoms with Crippen molar-refractivity contribution in [3.05, 3.63) is 0 Å². The Morgan fingerprint density at radius 3 is 2.65 bits per heavy atom. The molecule has 100 valence electrons. The first kappa shape index (κ1) is 14.5. The minimum Gasteiger partial charge on any atom is -0.393 e. The molecule has 0 heterocycles. The molecule has 0 bridgehead atoms. The fraction of sp³-hybridized carbons (Fsp3) is 0.923. The fourth-order valence-electron chi connectivity index (χ4n) is 2.48. The number of nitrogens with zero attached hydrogens (tertiary/aromatic N) is 1. The molecule has 0 saturated heterocycles. The highest BCUT2D eigenvalue weighted by atomic mass is 16.3. The van der Waals surface area contributed by atoms with E-state index in [-0.39, 0.29) is 18.1 Å². The first-order chi connectivity index (χ1) is 7.99. The summed E-state index contributed by atoms with van der Waals surface area (Å²) in [6.07, 6.45) is 4.15. The molecule has 17 heavy (non-hydrogen) atoms. The van der Waals surface area contributed by atoms with Gasteiger partial charge in [-0.25, -0.2) is 0 Å². The van der Waals surface area contributed by atoms with E-state index in [4.69, 9.17) is 0 Å². The van der Waals surface area contributed by atoms with Gasteiger partial charge in [-0.1, -0.05) is 12.8 Å². The van der Waals surface area contributed by atoms with Crippen molar-refractivity contribution >= 4 is 5.91 Å². The number of aliphatic hydroxyl groups excluding tert-OH is 1. The molecule has 2 unspecified atom stereocenters. The van der Waals surface area contributed by atoms with Crippen LogP contribution in [-0.4, -0.2) is 48.2 Å². The average molecular weight is 242 g/mol. The van der Waals surface area contributed by atoms with Crippen LogP contribution in [0, 0.1) is 5.92 Å². The summed E-state index contributed by atoms with van der Waals surface area (Å²) in [5, 5.41) is 12.7. The van der Waals surface area contributed by atoms with Gasteiger partial charge in [0, 0.05) is 12.6 Å². The summed E-state index contributed by atoms with van der Waals surface area (Å²) in [6, 6.07) is 0.191. The molecule has 0 aromatic rings. The van der Waals surface area contributed by atoms with Crippen LogP contribution >= 0.6 is 0 Å². The Morgan fingerprint density at radius 2 is 2.06 bits per heavy atom. The number of hydrogen-bond acceptors (Lipinski definition) is 3. The van der Waals surface area contributed by atoms with Gasteiger partial charge in [-0.15, -0.1) is 0 Å². The molecule has 0 spiro atoms. The quantitative estimate of drug-likeness (QED) is 0.756. The van der Waals surface area contributed by atoms with Crippen molar-refractivity contribution < 1.29 is 9.90 Å². The Labute approximate surface area is 104 Å². The Kier molecular flexibility index (Phi) is 5.92. The largest absolute Gasteiger partial charge is 0.393 e. The second kappa shape index (κ2) is 6.97. The standard InChI is InChI=1S/C13H26N2O2/c1-10(2)14-13(17)9-15(3)8-11-6-4-5-7-12(11)16/h10-12,16H,4-9H2,1-3H3,(H,14,17). The number of likely N-dealkylation sites (N-methyl/N-ethyl adjacent to an activating group) is 1. The summed E-state index contributed by atoms with van der Waals surface area (Å²) in [5.74, 6) is 0.397. The number of aliphatic hydroxyl groups is 1. The Bertz CT molecular complexity index is 244. The normalized spacial score (nSPS) is 25.3. The Balaban J connectivity index is 2.28. The van der Waals surface area contributed by atoms with Gasteiger partial charge >= 0.3 is 0 Å². The van der Waals surface area contributed by atoms with E-state index >= 15 is 0 Å². The Morgan fingerprint density at radius 1 is 1.41 bits per heavy atom. The van der Waals surface area contributed by atoms with E-state index in [0.717, 1.165) is 25.8 Å². The Hall–Kier alpha value is -0.610. The van der Waals surface area contributed by atoms with E-state index in [2.05, 4.69) is 5.32 Å². The van der Waals surface area contributed by atoms with Gasteiger partial charge in [0.05, 0.1) is 12.6 Å². The molecule has 1 fully saturated rings. The molecule has 1 aliphatic rings. The zero-order chi connectivity index (χ0) is 12.8. The molecule has 1 rings (SSSR count). The van der Waals surface area contributed by atoms with E-state index in [1.54, 1.807) is 0 Å². The minimum atomic E-state index is -0.181. The highest BCUT2D eigenvalue weighted by Gasteiger charge is 2.24. The van der Waals surface area contributed by atoms with Crippen LogP contribution in [0.4, 0.5) is 0 Å². The molecule has 2 N–H and O–H groups in total. The molecule has 0 radical (unpaired) electrons. The molecular weight excluding hydrogens is 216 g/mol. The molecule has 4 nitrogen and oxygen atoms in total. The number of rotatable bonds is 5. The summed E-state index contributed by atoms with van der Waals surface area (Å²) in [6.45, 7) is 5.15. The van der Waals surface area contributed by atoms with Gasteiger partial charge in [0.2, 0.25) is 5.91 Å². The second-order valence-electron chi connectivity index (χ2n) is 5.53. The van der Waals surface area contributed by atoms with Crippen LogP contribution in [0.1, 0.15) is 39.5 Å². The molecule has 1 amide bonds. The SMILES string of the molecule is CC(C)NC(=O)CN(C)CC1CCCCC1O. The first-order valence-corrected chi connectivity index (χ1v) is 6.65. The van der Waals surface area contributed by atoms with Crippen LogP contribution in [0.5, 0.6) is 0 Å². The lowest BCUT2D eigenvalue weighted by atomic mass is 9.86. The third-order valence-electron chi connectivity index (χ3n) is 3.28. The van der Waals surface area contributed by atoms with E-state index < -0.39 is 0 Å². The van der Waals surface area contributed by atoms with Crippen molar-refractivity contribution in [2.45, 2.75) is 51.7 Å². The molecule has 2 atom stereocenters. The summed E-state index contributed by atoms with van der Waals surface area (Å²) >= 11 is 0. The van der Waals surface area contributed by atoms with Gasteiger partial charge in [-0.2, -0.15) is 0 Å². The lowest BCUT2D eigenvalue weighted by molar-refractivity contribution is -0.122. The molecule has 1 aliphatic carbocycles. The van der Waals surface area contributed by atoms with Gasteiger partial charge in [-0.05, 0) is 39.7 Å². The number of nitrogens with one attached hydrogen (secondary N) is 1. The van der Waals surface area contributed by atoms with E-state index in [1.165, 1.54) is 6.42 Å². The van der Waals surface area contributed by atoms with Crippen LogP contribution < -0.4 is 5.32 Å². The van der Waals surface area contributed by atoms with Crippen molar-refractivity contribution in [3.63, 3.8) is 0 Å². The highest BCUT2D eigenvalue weighted by Crippen LogP contribution is 2.24. The van der Waals surface area contributed by atoms with Crippen LogP contribution in [-0.2, 0) is 4.79 Å². The second-order valence-corrected chi connectivity index (χ2v) is 5.53. The predicted molar refractivity (Wildman–Crippen MR) is 68.7 cm³/mol. The monoisotopic (exact) mass is 242 g/mol. The van der Waals surface area contributed by atoms with E-state index in [1.807, 2.05) is 25.8 Å². The topological polar surface area (TPSA) is 52.6 Å². The summed E-state index contributed by atoms with van der Waals surface area (Å²) in [7, 11) is 1.95. The van der Waals surface area contributed by atoms with Crippen LogP contribution in [0.15, 0.2) is 0 Å². The first-order valence-electron chi connectivity index (χ1n) is 6.65. The fourth-order valence-corrected chi connectivity index (χ4v) is 2.48. The lowest BCUT2D eigenvalue weighted by Gasteiger charge is -2.31. The van der Waals surface area contributed by atoms with Crippen molar-refractivity contribution in [3.8, 4) is 0 Å². The lowest BCUT2D eigenvalue weighted by Crippen LogP contribution is -2.42. The van der Waals surface area contributed by atoms with Crippen molar-refractivity contribution in [1.29, 1.82) is 0 Å². The summed E-state index contributed by atoms with van der Waals surface area (Å²) in [5.41, 5.74) is 0. The molecule has 0 aliphatic heterocycles. The maximum atomic E-state index is 11.6. The van der Waals surface area contributed by atoms with Gasteiger partial charge in [0.1, 0.15) is 0 Å². The molecular formula is C13H26N2O2. The average Bonchev–Trinajstić information content (AvgIpc) is 2.19. The third-order valence-corrected chi connectivity index (χ3v) is 3.28. The molecule has 0 aromatic carbocycles. The highest BCUT2D eigenvalue weighted by molar-refractivity contribution is 5.78. The van der Waals surface area contributed by atoms with Crippen molar-refractivity contribution in [2.75, 3.05) is 20.1 Å². The maximum Gasteiger partial charge on any atom is 0.234 e. The minimum absolute atomic E-state index is 0.0628. The van der Waals surface area contributed by atoms with E-state index in [9.17, 15) is 9.90 Å². The number of carbonyl (C=O) groups excluding carboxylic acids is 1. The van der Waals surface area contributed by atoms with Gasteiger partial charge < -0.3 is 10.4 Å². The van der Waals surface area contributed by atoms with Crippen molar-refractivity contribution in [2.24, 2.45) is 5.92 Å². The number of amides is 1. The van der Waals surface area contributed by atoms with Crippen molar-refractivity contribution in [1.82, 2.24) is 10.2 Å². The molecule has 0 aromatic heterocycles. The maximum absolute atomic E-state index is 11.6.